The second-order valence-electron chi connectivity index (χ2n) is 6.75. The Morgan fingerprint density at radius 3 is 2.33 bits per heavy atom. The van der Waals surface area contributed by atoms with Crippen molar-refractivity contribution in [3.63, 3.8) is 0 Å². The van der Waals surface area contributed by atoms with Gasteiger partial charge in [-0.3, -0.25) is 0 Å². The molecule has 1 aromatic carbocycles. The maximum Gasteiger partial charge on any atom is 0.317 e. The second-order valence-corrected chi connectivity index (χ2v) is 8.69. The van der Waals surface area contributed by atoms with Crippen LogP contribution in [0.1, 0.15) is 20.8 Å². The van der Waals surface area contributed by atoms with Crippen molar-refractivity contribution in [1.82, 2.24) is 14.5 Å². The first kappa shape index (κ1) is 18.5. The van der Waals surface area contributed by atoms with Gasteiger partial charge >= 0.3 is 6.03 Å². The molecule has 8 heteroatoms. The Labute approximate surface area is 143 Å². The Bertz CT molecular complexity index is 690. The average Bonchev–Trinajstić information content (AvgIpc) is 2.53. The fraction of sp³-hybridized carbons (Fsp3) is 0.562. The molecule has 1 aliphatic rings. The van der Waals surface area contributed by atoms with Gasteiger partial charge in [-0.15, -0.1) is 0 Å². The molecule has 1 aliphatic heterocycles. The lowest BCUT2D eigenvalue weighted by Crippen LogP contribution is -2.55. The molecule has 0 bridgehead atoms. The first-order valence-electron chi connectivity index (χ1n) is 7.85. The molecular formula is C16H25N3O4S. The summed E-state index contributed by atoms with van der Waals surface area (Å²) in [6.45, 7) is 7.02. The monoisotopic (exact) mass is 355 g/mol. The van der Waals surface area contributed by atoms with Gasteiger partial charge < -0.3 is 15.0 Å². The van der Waals surface area contributed by atoms with Crippen LogP contribution in [0.3, 0.4) is 0 Å². The summed E-state index contributed by atoms with van der Waals surface area (Å²) in [6, 6.07) is 6.25. The number of hydrogen-bond acceptors (Lipinski definition) is 4. The lowest BCUT2D eigenvalue weighted by atomic mass is 10.1. The van der Waals surface area contributed by atoms with Gasteiger partial charge in [0, 0.05) is 37.8 Å². The standard InChI is InChI=1S/C16H25N3O4S/c1-16(2,3)17-15(20)18-8-10-19(11-9-18)24(21,22)14-7-5-6-13(12-14)23-4/h5-7,12H,8-11H2,1-4H3,(H,17,20). The van der Waals surface area contributed by atoms with Crippen LogP contribution in [0.2, 0.25) is 0 Å². The lowest BCUT2D eigenvalue weighted by molar-refractivity contribution is 0.165. The SMILES string of the molecule is COc1cccc(S(=O)(=O)N2CCN(C(=O)NC(C)(C)C)CC2)c1. The number of nitrogens with zero attached hydrogens (tertiary/aromatic N) is 2. The molecule has 7 nitrogen and oxygen atoms in total. The fourth-order valence-corrected chi connectivity index (χ4v) is 3.90. The molecule has 0 radical (unpaired) electrons. The third-order valence-electron chi connectivity index (χ3n) is 3.69. The summed E-state index contributed by atoms with van der Waals surface area (Å²) >= 11 is 0. The maximum atomic E-state index is 12.7. The van der Waals surface area contributed by atoms with Crippen molar-refractivity contribution in [2.45, 2.75) is 31.2 Å². The number of carbonyl (C=O) groups excluding carboxylic acids is 1. The number of hydrogen-bond donors (Lipinski definition) is 1. The fourth-order valence-electron chi connectivity index (χ4n) is 2.44. The Balaban J connectivity index is 2.04. The number of amides is 2. The molecule has 0 aromatic heterocycles. The highest BCUT2D eigenvalue weighted by molar-refractivity contribution is 7.89. The molecule has 1 heterocycles. The number of rotatable bonds is 3. The summed E-state index contributed by atoms with van der Waals surface area (Å²) in [7, 11) is -2.09. The summed E-state index contributed by atoms with van der Waals surface area (Å²) in [5.41, 5.74) is -0.319. The Morgan fingerprint density at radius 2 is 1.79 bits per heavy atom. The summed E-state index contributed by atoms with van der Waals surface area (Å²) in [6.07, 6.45) is 0. The van der Waals surface area contributed by atoms with Gasteiger partial charge in [-0.05, 0) is 32.9 Å². The number of urea groups is 1. The first-order valence-corrected chi connectivity index (χ1v) is 9.29. The molecule has 1 saturated heterocycles. The molecule has 1 fully saturated rings. The quantitative estimate of drug-likeness (QED) is 0.891. The molecule has 0 saturated carbocycles. The lowest BCUT2D eigenvalue weighted by Gasteiger charge is -2.35. The largest absolute Gasteiger partial charge is 0.497 e. The van der Waals surface area contributed by atoms with Crippen molar-refractivity contribution >= 4 is 16.1 Å². The van der Waals surface area contributed by atoms with Crippen LogP contribution in [-0.2, 0) is 10.0 Å². The van der Waals surface area contributed by atoms with Crippen molar-refractivity contribution in [2.24, 2.45) is 0 Å². The third kappa shape index (κ3) is 4.39. The van der Waals surface area contributed by atoms with E-state index < -0.39 is 10.0 Å². The van der Waals surface area contributed by atoms with Gasteiger partial charge in [0.05, 0.1) is 12.0 Å². The third-order valence-corrected chi connectivity index (χ3v) is 5.58. The van der Waals surface area contributed by atoms with E-state index in [1.54, 1.807) is 23.1 Å². The van der Waals surface area contributed by atoms with Crippen LogP contribution in [0, 0.1) is 0 Å². The molecule has 0 aliphatic carbocycles. The predicted molar refractivity (Wildman–Crippen MR) is 91.6 cm³/mol. The second kappa shape index (κ2) is 6.98. The van der Waals surface area contributed by atoms with E-state index in [0.717, 1.165) is 0 Å². The van der Waals surface area contributed by atoms with Gasteiger partial charge in [0.25, 0.3) is 0 Å². The van der Waals surface area contributed by atoms with E-state index >= 15 is 0 Å². The number of nitrogens with one attached hydrogen (secondary N) is 1. The summed E-state index contributed by atoms with van der Waals surface area (Å²) in [5.74, 6) is 0.499. The van der Waals surface area contributed by atoms with Gasteiger partial charge in [0.1, 0.15) is 5.75 Å². The van der Waals surface area contributed by atoms with Gasteiger partial charge in [-0.1, -0.05) is 6.07 Å². The number of ether oxygens (including phenoxy) is 1. The van der Waals surface area contributed by atoms with Crippen molar-refractivity contribution in [3.05, 3.63) is 24.3 Å². The molecule has 0 atom stereocenters. The van der Waals surface area contributed by atoms with Crippen molar-refractivity contribution in [1.29, 1.82) is 0 Å². The van der Waals surface area contributed by atoms with Crippen molar-refractivity contribution < 1.29 is 17.9 Å². The zero-order valence-corrected chi connectivity index (χ0v) is 15.4. The zero-order chi connectivity index (χ0) is 18.0. The topological polar surface area (TPSA) is 79.0 Å². The van der Waals surface area contributed by atoms with E-state index in [1.165, 1.54) is 17.5 Å². The summed E-state index contributed by atoms with van der Waals surface area (Å²) < 4.78 is 31.9. The number of benzene rings is 1. The maximum absolute atomic E-state index is 12.7. The predicted octanol–water partition coefficient (Wildman–Crippen LogP) is 1.51. The molecule has 2 amide bonds. The van der Waals surface area contributed by atoms with E-state index in [0.29, 0.717) is 18.8 Å². The van der Waals surface area contributed by atoms with E-state index in [9.17, 15) is 13.2 Å². The highest BCUT2D eigenvalue weighted by atomic mass is 32.2. The molecule has 1 N–H and O–H groups in total. The normalized spacial score (nSPS) is 16.8. The van der Waals surface area contributed by atoms with Crippen LogP contribution in [-0.4, -0.2) is 62.5 Å². The minimum Gasteiger partial charge on any atom is -0.497 e. The van der Waals surface area contributed by atoms with E-state index in [4.69, 9.17) is 4.74 Å². The smallest absolute Gasteiger partial charge is 0.317 e. The number of methoxy groups -OCH3 is 1. The number of sulfonamides is 1. The highest BCUT2D eigenvalue weighted by Crippen LogP contribution is 2.22. The molecule has 24 heavy (non-hydrogen) atoms. The Hall–Kier alpha value is -1.80. The van der Waals surface area contributed by atoms with Crippen molar-refractivity contribution in [3.8, 4) is 5.75 Å². The highest BCUT2D eigenvalue weighted by Gasteiger charge is 2.31. The van der Waals surface area contributed by atoms with E-state index in [-0.39, 0.29) is 29.6 Å². The summed E-state index contributed by atoms with van der Waals surface area (Å²) in [4.78, 5) is 14.0. The van der Waals surface area contributed by atoms with Gasteiger partial charge in [0.15, 0.2) is 0 Å². The molecule has 0 unspecified atom stereocenters. The average molecular weight is 355 g/mol. The minimum atomic E-state index is -3.58. The number of carbonyl (C=O) groups is 1. The molecule has 2 rings (SSSR count). The van der Waals surface area contributed by atoms with Crippen LogP contribution >= 0.6 is 0 Å². The van der Waals surface area contributed by atoms with Gasteiger partial charge in [-0.2, -0.15) is 4.31 Å². The Kier molecular flexibility index (Phi) is 5.39. The number of piperazine rings is 1. The zero-order valence-electron chi connectivity index (χ0n) is 14.6. The van der Waals surface area contributed by atoms with Gasteiger partial charge in [-0.25, -0.2) is 13.2 Å². The van der Waals surface area contributed by atoms with Crippen LogP contribution in [0.4, 0.5) is 4.79 Å². The first-order chi connectivity index (χ1) is 11.1. The van der Waals surface area contributed by atoms with E-state index in [2.05, 4.69) is 5.32 Å². The van der Waals surface area contributed by atoms with E-state index in [1.807, 2.05) is 20.8 Å². The molecule has 0 spiro atoms. The molecule has 134 valence electrons. The van der Waals surface area contributed by atoms with Crippen LogP contribution < -0.4 is 10.1 Å². The van der Waals surface area contributed by atoms with Gasteiger partial charge in [0.2, 0.25) is 10.0 Å². The van der Waals surface area contributed by atoms with Crippen molar-refractivity contribution in [2.75, 3.05) is 33.3 Å². The van der Waals surface area contributed by atoms with Crippen LogP contribution in [0.5, 0.6) is 5.75 Å². The molecule has 1 aromatic rings. The Morgan fingerprint density at radius 1 is 1.17 bits per heavy atom. The minimum absolute atomic E-state index is 0.166. The van der Waals surface area contributed by atoms with Crippen LogP contribution in [0.15, 0.2) is 29.2 Å². The molecular weight excluding hydrogens is 330 g/mol. The van der Waals surface area contributed by atoms with Crippen LogP contribution in [0.25, 0.3) is 0 Å². The summed E-state index contributed by atoms with van der Waals surface area (Å²) in [5, 5.41) is 2.89.